The first-order valence-corrected chi connectivity index (χ1v) is 10.4. The van der Waals surface area contributed by atoms with Crippen LogP contribution in [0.2, 0.25) is 15.1 Å². The number of rotatable bonds is 2. The molecule has 9 heteroatoms. The largest absolute Gasteiger partial charge is 0.348 e. The first-order valence-electron chi connectivity index (χ1n) is 8.46. The maximum absolute atomic E-state index is 13.0. The molecule has 1 spiro atoms. The fourth-order valence-electron chi connectivity index (χ4n) is 3.49. The summed E-state index contributed by atoms with van der Waals surface area (Å²) in [5, 5.41) is 4.82. The lowest BCUT2D eigenvalue weighted by molar-refractivity contribution is -0.144. The number of hydrogen-bond donors (Lipinski definition) is 0. The molecule has 0 aliphatic carbocycles. The monoisotopic (exact) mass is 451 g/mol. The maximum Gasteiger partial charge on any atom is 0.348 e. The maximum atomic E-state index is 13.0. The predicted molar refractivity (Wildman–Crippen MR) is 112 cm³/mol. The molecule has 1 amide bonds. The van der Waals surface area contributed by atoms with Gasteiger partial charge in [-0.1, -0.05) is 58.2 Å². The van der Waals surface area contributed by atoms with Crippen LogP contribution in [0.5, 0.6) is 0 Å². The third-order valence-electron chi connectivity index (χ3n) is 4.79. The second kappa shape index (κ2) is 6.59. The van der Waals surface area contributed by atoms with Gasteiger partial charge in [-0.05, 0) is 47.7 Å². The molecule has 0 aromatic heterocycles. The number of carbonyl (C=O) groups is 1. The van der Waals surface area contributed by atoms with Gasteiger partial charge in [-0.15, -0.1) is 0 Å². The highest BCUT2D eigenvalue weighted by atomic mass is 35.5. The molecule has 28 heavy (non-hydrogen) atoms. The van der Waals surface area contributed by atoms with E-state index in [1.54, 1.807) is 35.2 Å². The Balaban J connectivity index is 1.50. The van der Waals surface area contributed by atoms with Gasteiger partial charge < -0.3 is 4.84 Å². The van der Waals surface area contributed by atoms with E-state index in [2.05, 4.69) is 5.16 Å². The summed E-state index contributed by atoms with van der Waals surface area (Å²) in [5.41, 5.74) is 1.49. The van der Waals surface area contributed by atoms with Crippen LogP contribution in [-0.4, -0.2) is 39.8 Å². The summed E-state index contributed by atoms with van der Waals surface area (Å²) < 4.78 is 0. The molecular formula is C19H12Cl3N3O2S. The second-order valence-electron chi connectivity index (χ2n) is 6.42. The van der Waals surface area contributed by atoms with E-state index in [1.165, 1.54) is 11.8 Å². The molecule has 2 fully saturated rings. The van der Waals surface area contributed by atoms with Crippen LogP contribution >= 0.6 is 46.6 Å². The van der Waals surface area contributed by atoms with Crippen molar-refractivity contribution in [2.45, 2.75) is 5.18 Å². The zero-order chi connectivity index (χ0) is 19.5. The molecule has 3 aliphatic heterocycles. The Labute approximate surface area is 180 Å². The second-order valence-corrected chi connectivity index (χ2v) is 8.85. The molecule has 0 radical (unpaired) electrons. The summed E-state index contributed by atoms with van der Waals surface area (Å²) in [6, 6.07) is 12.6. The molecule has 142 valence electrons. The first kappa shape index (κ1) is 18.2. The molecule has 3 heterocycles. The number of benzene rings is 2. The van der Waals surface area contributed by atoms with Crippen LogP contribution in [-0.2, 0) is 9.63 Å². The summed E-state index contributed by atoms with van der Waals surface area (Å²) in [7, 11) is 0. The molecular weight excluding hydrogens is 441 g/mol. The van der Waals surface area contributed by atoms with E-state index >= 15 is 0 Å². The van der Waals surface area contributed by atoms with Crippen LogP contribution in [0.1, 0.15) is 11.1 Å². The van der Waals surface area contributed by atoms with Crippen molar-refractivity contribution >= 4 is 64.4 Å². The minimum atomic E-state index is -1.03. The van der Waals surface area contributed by atoms with E-state index in [0.717, 1.165) is 5.56 Å². The van der Waals surface area contributed by atoms with E-state index in [4.69, 9.17) is 39.6 Å². The minimum Gasteiger partial charge on any atom is -0.332 e. The highest BCUT2D eigenvalue weighted by Gasteiger charge is 2.64. The molecule has 1 atom stereocenters. The smallest absolute Gasteiger partial charge is 0.332 e. The molecule has 2 saturated heterocycles. The molecule has 0 N–H and O–H groups in total. The zero-order valence-electron chi connectivity index (χ0n) is 14.2. The number of carbonyl (C=O) groups excluding carboxylic acids is 1. The van der Waals surface area contributed by atoms with E-state index in [1.807, 2.05) is 23.1 Å². The van der Waals surface area contributed by atoms with Crippen molar-refractivity contribution in [3.63, 3.8) is 0 Å². The molecule has 0 saturated carbocycles. The topological polar surface area (TPSA) is 45.1 Å². The van der Waals surface area contributed by atoms with Crippen LogP contribution in [0.4, 0.5) is 0 Å². The zero-order valence-corrected chi connectivity index (χ0v) is 17.3. The third-order valence-corrected chi connectivity index (χ3v) is 6.96. The lowest BCUT2D eigenvalue weighted by atomic mass is 10.2. The van der Waals surface area contributed by atoms with Crippen LogP contribution in [0, 0.1) is 0 Å². The third kappa shape index (κ3) is 2.63. The van der Waals surface area contributed by atoms with Gasteiger partial charge >= 0.3 is 5.18 Å². The Bertz CT molecular complexity index is 1040. The Hall–Kier alpha value is -1.86. The van der Waals surface area contributed by atoms with E-state index in [0.29, 0.717) is 44.5 Å². The average Bonchev–Trinajstić information content (AvgIpc) is 3.27. The summed E-state index contributed by atoms with van der Waals surface area (Å²) in [4.78, 5) is 23.0. The van der Waals surface area contributed by atoms with Crippen molar-refractivity contribution in [1.29, 1.82) is 0 Å². The summed E-state index contributed by atoms with van der Waals surface area (Å²) in [5.74, 6) is 0.440. The van der Waals surface area contributed by atoms with Crippen molar-refractivity contribution in [1.82, 2.24) is 9.80 Å². The van der Waals surface area contributed by atoms with Crippen LogP contribution < -0.4 is 0 Å². The predicted octanol–water partition coefficient (Wildman–Crippen LogP) is 4.88. The molecule has 1 unspecified atom stereocenters. The molecule has 5 rings (SSSR count). The number of halogens is 3. The van der Waals surface area contributed by atoms with E-state index in [9.17, 15) is 4.79 Å². The van der Waals surface area contributed by atoms with Crippen molar-refractivity contribution in [3.8, 4) is 0 Å². The van der Waals surface area contributed by atoms with Gasteiger partial charge in [0.15, 0.2) is 5.84 Å². The lowest BCUT2D eigenvalue weighted by Crippen LogP contribution is -2.48. The first-order chi connectivity index (χ1) is 13.5. The fraction of sp³-hybridized carbons (Fsp3) is 0.158. The fourth-order valence-corrected chi connectivity index (χ4v) is 5.51. The highest BCUT2D eigenvalue weighted by molar-refractivity contribution is 8.05. The van der Waals surface area contributed by atoms with Crippen molar-refractivity contribution in [2.75, 3.05) is 13.1 Å². The number of thioether (sulfide) groups is 1. The van der Waals surface area contributed by atoms with Gasteiger partial charge in [0.25, 0.3) is 5.91 Å². The summed E-state index contributed by atoms with van der Waals surface area (Å²) in [6.45, 7) is 1.10. The number of amidine groups is 1. The molecule has 0 bridgehead atoms. The molecule has 2 aromatic carbocycles. The van der Waals surface area contributed by atoms with Gasteiger partial charge in [0.2, 0.25) is 0 Å². The quantitative estimate of drug-likeness (QED) is 0.609. The van der Waals surface area contributed by atoms with Crippen molar-refractivity contribution in [2.24, 2.45) is 5.16 Å². The van der Waals surface area contributed by atoms with Crippen molar-refractivity contribution < 1.29 is 9.63 Å². The van der Waals surface area contributed by atoms with E-state index < -0.39 is 5.18 Å². The standard InChI is InChI=1S/C19H12Cl3N3O2S/c20-12-6-4-11(5-7-12)10-15-18(26)25-9-8-24-17(23-27-19(24,25)28-15)16-13(21)2-1-3-14(16)22/h1-7,10H,8-9H2/b15-10-. The Morgan fingerprint density at radius 2 is 1.71 bits per heavy atom. The van der Waals surface area contributed by atoms with Crippen LogP contribution in [0.3, 0.4) is 0 Å². The number of amides is 1. The highest BCUT2D eigenvalue weighted by Crippen LogP contribution is 2.53. The van der Waals surface area contributed by atoms with Crippen molar-refractivity contribution in [3.05, 3.63) is 73.6 Å². The average molecular weight is 453 g/mol. The van der Waals surface area contributed by atoms with E-state index in [-0.39, 0.29) is 5.91 Å². The van der Waals surface area contributed by atoms with Gasteiger partial charge in [-0.25, -0.2) is 0 Å². The van der Waals surface area contributed by atoms with Crippen LogP contribution in [0.25, 0.3) is 6.08 Å². The van der Waals surface area contributed by atoms with Gasteiger partial charge in [-0.2, -0.15) is 0 Å². The SMILES string of the molecule is O=C1/C(=C/c2ccc(Cl)cc2)SC23ON=C(c4c(Cl)cccc4Cl)N2CCN13. The number of hydrogen-bond acceptors (Lipinski definition) is 5. The van der Waals surface area contributed by atoms with Gasteiger partial charge in [0, 0.05) is 18.1 Å². The van der Waals surface area contributed by atoms with Gasteiger partial charge in [0.1, 0.15) is 0 Å². The Morgan fingerprint density at radius 3 is 2.43 bits per heavy atom. The Morgan fingerprint density at radius 1 is 1.04 bits per heavy atom. The normalized spacial score (nSPS) is 24.5. The van der Waals surface area contributed by atoms with Gasteiger partial charge in [0.05, 0.1) is 20.5 Å². The Kier molecular flexibility index (Phi) is 4.28. The summed E-state index contributed by atoms with van der Waals surface area (Å²) >= 11 is 20.0. The number of nitrogens with zero attached hydrogens (tertiary/aromatic N) is 3. The minimum absolute atomic E-state index is 0.0934. The lowest BCUT2D eigenvalue weighted by Gasteiger charge is -2.29. The van der Waals surface area contributed by atoms with Crippen LogP contribution in [0.15, 0.2) is 52.5 Å². The molecule has 3 aliphatic rings. The van der Waals surface area contributed by atoms with Gasteiger partial charge in [-0.3, -0.25) is 14.6 Å². The molecule has 5 nitrogen and oxygen atoms in total. The number of oxime groups is 1. The molecule has 2 aromatic rings. The summed E-state index contributed by atoms with van der Waals surface area (Å²) in [6.07, 6.45) is 1.83.